The summed E-state index contributed by atoms with van der Waals surface area (Å²) >= 11 is 5.60. The first-order chi connectivity index (χ1) is 8.65. The van der Waals surface area contributed by atoms with Crippen LogP contribution in [0.3, 0.4) is 0 Å². The van der Waals surface area contributed by atoms with Gasteiger partial charge in [-0.05, 0) is 25.1 Å². The van der Waals surface area contributed by atoms with Crippen molar-refractivity contribution >= 4 is 29.9 Å². The monoisotopic (exact) mass is 308 g/mol. The predicted octanol–water partition coefficient (Wildman–Crippen LogP) is 1.76. The molecule has 7 heteroatoms. The number of nitrogens with one attached hydrogen (secondary N) is 2. The number of carbonyl (C=O) groups excluding carboxylic acids is 1. The van der Waals surface area contributed by atoms with Crippen LogP contribution in [-0.2, 0) is 4.79 Å². The van der Waals surface area contributed by atoms with Gasteiger partial charge in [0.2, 0.25) is 0 Å². The molecule has 1 aliphatic heterocycles. The number of halogens is 3. The molecule has 1 aromatic carbocycles. The maximum Gasteiger partial charge on any atom is 0.258 e. The van der Waals surface area contributed by atoms with E-state index >= 15 is 0 Å². The number of hydrogen-bond acceptors (Lipinski definition) is 3. The first kappa shape index (κ1) is 16.0. The number of benzene rings is 1. The Morgan fingerprint density at radius 1 is 1.58 bits per heavy atom. The number of ether oxygens (including phenoxy) is 1. The Labute approximate surface area is 122 Å². The van der Waals surface area contributed by atoms with E-state index in [0.717, 1.165) is 19.5 Å². The third-order valence-corrected chi connectivity index (χ3v) is 2.98. The van der Waals surface area contributed by atoms with Crippen LogP contribution in [0.25, 0.3) is 0 Å². The van der Waals surface area contributed by atoms with Crippen LogP contribution in [0.5, 0.6) is 5.75 Å². The zero-order valence-corrected chi connectivity index (χ0v) is 11.7. The molecule has 0 radical (unpaired) electrons. The Kier molecular flexibility index (Phi) is 6.34. The van der Waals surface area contributed by atoms with Crippen LogP contribution in [-0.4, -0.2) is 31.6 Å². The highest BCUT2D eigenvalue weighted by molar-refractivity contribution is 6.30. The summed E-state index contributed by atoms with van der Waals surface area (Å²) in [5.41, 5.74) is 0. The average molecular weight is 309 g/mol. The molecular weight excluding hydrogens is 294 g/mol. The molecular formula is C12H15Cl2FN2O2. The molecule has 1 saturated heterocycles. The first-order valence-corrected chi connectivity index (χ1v) is 6.11. The van der Waals surface area contributed by atoms with E-state index in [4.69, 9.17) is 16.3 Å². The summed E-state index contributed by atoms with van der Waals surface area (Å²) in [6, 6.07) is 4.15. The van der Waals surface area contributed by atoms with Gasteiger partial charge in [0.1, 0.15) is 11.6 Å². The molecule has 1 amide bonds. The Balaban J connectivity index is 0.00000180. The van der Waals surface area contributed by atoms with Crippen molar-refractivity contribution in [1.82, 2.24) is 10.6 Å². The summed E-state index contributed by atoms with van der Waals surface area (Å²) < 4.78 is 18.1. The molecule has 2 N–H and O–H groups in total. The van der Waals surface area contributed by atoms with Gasteiger partial charge in [-0.2, -0.15) is 0 Å². The molecule has 4 nitrogen and oxygen atoms in total. The molecule has 0 aliphatic carbocycles. The molecule has 0 bridgehead atoms. The summed E-state index contributed by atoms with van der Waals surface area (Å²) in [4.78, 5) is 11.6. The fourth-order valence-corrected chi connectivity index (χ4v) is 1.93. The molecule has 0 aromatic heterocycles. The van der Waals surface area contributed by atoms with Gasteiger partial charge in [0, 0.05) is 18.7 Å². The molecule has 106 valence electrons. The van der Waals surface area contributed by atoms with Crippen molar-refractivity contribution in [2.75, 3.05) is 19.7 Å². The van der Waals surface area contributed by atoms with E-state index in [-0.39, 0.29) is 36.0 Å². The number of carbonyl (C=O) groups is 1. The summed E-state index contributed by atoms with van der Waals surface area (Å²) in [6.07, 6.45) is 0.925. The minimum absolute atomic E-state index is 0. The molecule has 1 heterocycles. The molecule has 1 atom stereocenters. The highest BCUT2D eigenvalue weighted by atomic mass is 35.5. The minimum atomic E-state index is -0.509. The Morgan fingerprint density at radius 2 is 2.37 bits per heavy atom. The van der Waals surface area contributed by atoms with Crippen molar-refractivity contribution in [1.29, 1.82) is 0 Å². The number of amides is 1. The van der Waals surface area contributed by atoms with Gasteiger partial charge in [-0.25, -0.2) is 4.39 Å². The summed E-state index contributed by atoms with van der Waals surface area (Å²) in [5, 5.41) is 5.97. The smallest absolute Gasteiger partial charge is 0.258 e. The molecule has 0 spiro atoms. The number of hydrogen-bond donors (Lipinski definition) is 2. The minimum Gasteiger partial charge on any atom is -0.484 e. The third-order valence-electron chi connectivity index (χ3n) is 2.69. The Bertz CT molecular complexity index is 440. The van der Waals surface area contributed by atoms with E-state index < -0.39 is 5.82 Å². The Hall–Kier alpha value is -1.04. The predicted molar refractivity (Wildman–Crippen MR) is 73.6 cm³/mol. The largest absolute Gasteiger partial charge is 0.484 e. The van der Waals surface area contributed by atoms with Gasteiger partial charge in [0.15, 0.2) is 6.61 Å². The van der Waals surface area contributed by atoms with Crippen molar-refractivity contribution in [3.63, 3.8) is 0 Å². The topological polar surface area (TPSA) is 50.4 Å². The van der Waals surface area contributed by atoms with Gasteiger partial charge >= 0.3 is 0 Å². The van der Waals surface area contributed by atoms with E-state index in [1.807, 2.05) is 0 Å². The van der Waals surface area contributed by atoms with Crippen molar-refractivity contribution < 1.29 is 13.9 Å². The van der Waals surface area contributed by atoms with Crippen LogP contribution >= 0.6 is 24.0 Å². The van der Waals surface area contributed by atoms with Gasteiger partial charge < -0.3 is 15.4 Å². The van der Waals surface area contributed by atoms with Crippen LogP contribution in [0.15, 0.2) is 18.2 Å². The third kappa shape index (κ3) is 4.86. The first-order valence-electron chi connectivity index (χ1n) is 5.73. The molecule has 19 heavy (non-hydrogen) atoms. The van der Waals surface area contributed by atoms with Crippen molar-refractivity contribution in [2.45, 2.75) is 12.5 Å². The molecule has 0 saturated carbocycles. The molecule has 1 aromatic rings. The molecule has 1 unspecified atom stereocenters. The lowest BCUT2D eigenvalue weighted by molar-refractivity contribution is -0.123. The lowest BCUT2D eigenvalue weighted by Crippen LogP contribution is -2.39. The van der Waals surface area contributed by atoms with Crippen LogP contribution in [0.1, 0.15) is 6.42 Å². The van der Waals surface area contributed by atoms with E-state index in [1.54, 1.807) is 0 Å². The molecule has 1 fully saturated rings. The van der Waals surface area contributed by atoms with Crippen LogP contribution < -0.4 is 15.4 Å². The Morgan fingerprint density at radius 3 is 3.00 bits per heavy atom. The van der Waals surface area contributed by atoms with Gasteiger partial charge in [-0.1, -0.05) is 11.6 Å². The van der Waals surface area contributed by atoms with Gasteiger partial charge in [-0.15, -0.1) is 12.4 Å². The number of rotatable bonds is 4. The molecule has 1 aliphatic rings. The lowest BCUT2D eigenvalue weighted by Gasteiger charge is -2.12. The zero-order valence-electron chi connectivity index (χ0n) is 10.1. The van der Waals surface area contributed by atoms with Gasteiger partial charge in [-0.3, -0.25) is 4.79 Å². The van der Waals surface area contributed by atoms with E-state index in [9.17, 15) is 9.18 Å². The standard InChI is InChI=1S/C12H14ClFN2O2.ClH/c13-10-5-9(1-2-11(10)14)18-7-12(17)16-8-3-4-15-6-8;/h1-2,5,8,15H,3-4,6-7H2,(H,16,17);1H. The fourth-order valence-electron chi connectivity index (χ4n) is 1.76. The van der Waals surface area contributed by atoms with E-state index in [1.165, 1.54) is 18.2 Å². The second-order valence-electron chi connectivity index (χ2n) is 4.12. The molecule has 2 rings (SSSR count). The van der Waals surface area contributed by atoms with Crippen LogP contribution in [0.2, 0.25) is 5.02 Å². The summed E-state index contributed by atoms with van der Waals surface area (Å²) in [7, 11) is 0. The van der Waals surface area contributed by atoms with Crippen LogP contribution in [0, 0.1) is 5.82 Å². The summed E-state index contributed by atoms with van der Waals surface area (Å²) in [5.74, 6) is -0.323. The maximum absolute atomic E-state index is 12.9. The lowest BCUT2D eigenvalue weighted by atomic mass is 10.2. The second kappa shape index (κ2) is 7.53. The quantitative estimate of drug-likeness (QED) is 0.891. The fraction of sp³-hybridized carbons (Fsp3) is 0.417. The average Bonchev–Trinajstić information content (AvgIpc) is 2.83. The van der Waals surface area contributed by atoms with Crippen LogP contribution in [0.4, 0.5) is 4.39 Å². The van der Waals surface area contributed by atoms with E-state index in [0.29, 0.717) is 5.75 Å². The van der Waals surface area contributed by atoms with Gasteiger partial charge in [0.05, 0.1) is 5.02 Å². The normalized spacial score (nSPS) is 17.7. The van der Waals surface area contributed by atoms with Crippen molar-refractivity contribution in [2.24, 2.45) is 0 Å². The SMILES string of the molecule is Cl.O=C(COc1ccc(F)c(Cl)c1)NC1CCNC1. The van der Waals surface area contributed by atoms with E-state index in [2.05, 4.69) is 10.6 Å². The van der Waals surface area contributed by atoms with Crippen molar-refractivity contribution in [3.8, 4) is 5.75 Å². The second-order valence-corrected chi connectivity index (χ2v) is 4.53. The highest BCUT2D eigenvalue weighted by Crippen LogP contribution is 2.20. The maximum atomic E-state index is 12.9. The zero-order chi connectivity index (χ0) is 13.0. The summed E-state index contributed by atoms with van der Waals surface area (Å²) in [6.45, 7) is 1.60. The van der Waals surface area contributed by atoms with Crippen molar-refractivity contribution in [3.05, 3.63) is 29.0 Å². The van der Waals surface area contributed by atoms with Gasteiger partial charge in [0.25, 0.3) is 5.91 Å². The highest BCUT2D eigenvalue weighted by Gasteiger charge is 2.16.